The molecule has 0 saturated heterocycles. The zero-order chi connectivity index (χ0) is 10.9. The van der Waals surface area contributed by atoms with Crippen LogP contribution in [-0.4, -0.2) is 12.6 Å². The quantitative estimate of drug-likeness (QED) is 0.525. The summed E-state index contributed by atoms with van der Waals surface area (Å²) in [6.07, 6.45) is 12.1. The molecule has 0 N–H and O–H groups in total. The van der Waals surface area contributed by atoms with Crippen molar-refractivity contribution in [1.29, 1.82) is 0 Å². The third kappa shape index (κ3) is 6.53. The van der Waals surface area contributed by atoms with Crippen molar-refractivity contribution in [3.05, 3.63) is 0 Å². The van der Waals surface area contributed by atoms with Gasteiger partial charge in [0, 0.05) is 6.92 Å². The Bertz CT molecular complexity index is 169. The summed E-state index contributed by atoms with van der Waals surface area (Å²) in [6.45, 7) is 2.10. The second-order valence-electron chi connectivity index (χ2n) is 4.69. The van der Waals surface area contributed by atoms with Crippen LogP contribution < -0.4 is 0 Å². The third-order valence-electron chi connectivity index (χ3n) is 3.29. The van der Waals surface area contributed by atoms with E-state index in [0.717, 1.165) is 12.3 Å². The third-order valence-corrected chi connectivity index (χ3v) is 3.29. The molecule has 0 atom stereocenters. The Labute approximate surface area is 93.4 Å². The van der Waals surface area contributed by atoms with Crippen molar-refractivity contribution in [2.45, 2.75) is 64.7 Å². The van der Waals surface area contributed by atoms with Gasteiger partial charge in [0.1, 0.15) is 0 Å². The number of carbonyl (C=O) groups is 1. The smallest absolute Gasteiger partial charge is 0.302 e. The van der Waals surface area contributed by atoms with Crippen molar-refractivity contribution < 1.29 is 9.53 Å². The highest BCUT2D eigenvalue weighted by molar-refractivity contribution is 5.65. The Balaban J connectivity index is 2.04. The van der Waals surface area contributed by atoms with Crippen LogP contribution >= 0.6 is 0 Å². The highest BCUT2D eigenvalue weighted by Gasteiger charge is 2.10. The van der Waals surface area contributed by atoms with E-state index in [2.05, 4.69) is 0 Å². The van der Waals surface area contributed by atoms with Gasteiger partial charge in [0.2, 0.25) is 0 Å². The normalized spacial score (nSPS) is 19.3. The molecule has 1 fully saturated rings. The molecule has 2 heteroatoms. The van der Waals surface area contributed by atoms with Crippen LogP contribution in [0.4, 0.5) is 0 Å². The molecule has 1 aliphatic carbocycles. The van der Waals surface area contributed by atoms with E-state index in [-0.39, 0.29) is 5.97 Å². The van der Waals surface area contributed by atoms with Crippen LogP contribution in [0.15, 0.2) is 0 Å². The van der Waals surface area contributed by atoms with Crippen molar-refractivity contribution in [3.8, 4) is 0 Å². The first-order valence-electron chi connectivity index (χ1n) is 6.42. The number of ether oxygens (including phenoxy) is 1. The summed E-state index contributed by atoms with van der Waals surface area (Å²) in [4.78, 5) is 10.6. The molecule has 0 aromatic heterocycles. The summed E-state index contributed by atoms with van der Waals surface area (Å²) in [5.74, 6) is 0.744. The molecular weight excluding hydrogens is 188 g/mol. The molecule has 15 heavy (non-hydrogen) atoms. The molecule has 0 amide bonds. The molecule has 0 bridgehead atoms. The molecule has 0 aliphatic heterocycles. The predicted molar refractivity (Wildman–Crippen MR) is 61.7 cm³/mol. The van der Waals surface area contributed by atoms with Gasteiger partial charge in [-0.15, -0.1) is 0 Å². The Hall–Kier alpha value is -0.530. The minimum atomic E-state index is -0.146. The topological polar surface area (TPSA) is 26.3 Å². The largest absolute Gasteiger partial charge is 0.466 e. The number of rotatable bonds is 4. The summed E-state index contributed by atoms with van der Waals surface area (Å²) < 4.78 is 4.95. The highest BCUT2D eigenvalue weighted by Crippen LogP contribution is 2.25. The van der Waals surface area contributed by atoms with Gasteiger partial charge in [0.25, 0.3) is 0 Å². The van der Waals surface area contributed by atoms with Gasteiger partial charge in [0.15, 0.2) is 0 Å². The van der Waals surface area contributed by atoms with E-state index in [4.69, 9.17) is 4.74 Å². The van der Waals surface area contributed by atoms with Gasteiger partial charge in [-0.05, 0) is 18.8 Å². The van der Waals surface area contributed by atoms with Crippen molar-refractivity contribution in [1.82, 2.24) is 0 Å². The second kappa shape index (κ2) is 7.72. The maximum absolute atomic E-state index is 10.6. The van der Waals surface area contributed by atoms with Gasteiger partial charge in [0.05, 0.1) is 6.61 Å². The van der Waals surface area contributed by atoms with Crippen LogP contribution in [0.5, 0.6) is 0 Å². The average molecular weight is 212 g/mol. The van der Waals surface area contributed by atoms with Gasteiger partial charge >= 0.3 is 5.97 Å². The van der Waals surface area contributed by atoms with E-state index in [1.807, 2.05) is 0 Å². The number of carbonyl (C=O) groups excluding carboxylic acids is 1. The van der Waals surface area contributed by atoms with Crippen molar-refractivity contribution in [2.24, 2.45) is 5.92 Å². The first kappa shape index (κ1) is 12.5. The molecule has 1 saturated carbocycles. The zero-order valence-electron chi connectivity index (χ0n) is 9.96. The van der Waals surface area contributed by atoms with Gasteiger partial charge in [-0.2, -0.15) is 0 Å². The molecule has 0 aromatic carbocycles. The van der Waals surface area contributed by atoms with Crippen LogP contribution in [0.3, 0.4) is 0 Å². The minimum Gasteiger partial charge on any atom is -0.466 e. The van der Waals surface area contributed by atoms with Gasteiger partial charge in [-0.1, -0.05) is 44.9 Å². The zero-order valence-corrected chi connectivity index (χ0v) is 9.96. The maximum atomic E-state index is 10.6. The van der Waals surface area contributed by atoms with Crippen molar-refractivity contribution in [2.75, 3.05) is 6.61 Å². The van der Waals surface area contributed by atoms with Gasteiger partial charge < -0.3 is 4.74 Å². The summed E-state index contributed by atoms with van der Waals surface area (Å²) in [6, 6.07) is 0. The van der Waals surface area contributed by atoms with Crippen LogP contribution in [0, 0.1) is 5.92 Å². The van der Waals surface area contributed by atoms with Crippen LogP contribution in [0.1, 0.15) is 64.7 Å². The van der Waals surface area contributed by atoms with E-state index < -0.39 is 0 Å². The van der Waals surface area contributed by atoms with Crippen molar-refractivity contribution >= 4 is 5.97 Å². The molecule has 0 radical (unpaired) electrons. The number of esters is 1. The van der Waals surface area contributed by atoms with Crippen LogP contribution in [-0.2, 0) is 9.53 Å². The summed E-state index contributed by atoms with van der Waals surface area (Å²) >= 11 is 0. The van der Waals surface area contributed by atoms with E-state index >= 15 is 0 Å². The molecule has 88 valence electrons. The molecule has 0 spiro atoms. The average Bonchev–Trinajstić information content (AvgIpc) is 2.14. The number of hydrogen-bond acceptors (Lipinski definition) is 2. The van der Waals surface area contributed by atoms with Crippen molar-refractivity contribution in [3.63, 3.8) is 0 Å². The van der Waals surface area contributed by atoms with E-state index in [1.54, 1.807) is 0 Å². The standard InChI is InChI=1S/C13H24O2/c1-12(14)15-11-7-10-13-8-5-3-2-4-6-9-13/h13H,2-11H2,1H3. The van der Waals surface area contributed by atoms with Crippen LogP contribution in [0.25, 0.3) is 0 Å². The first-order valence-corrected chi connectivity index (χ1v) is 6.42. The molecule has 1 rings (SSSR count). The fourth-order valence-electron chi connectivity index (χ4n) is 2.42. The summed E-state index contributed by atoms with van der Waals surface area (Å²) in [5.41, 5.74) is 0. The predicted octanol–water partition coefficient (Wildman–Crippen LogP) is 3.69. The fourth-order valence-corrected chi connectivity index (χ4v) is 2.42. The van der Waals surface area contributed by atoms with Gasteiger partial charge in [-0.3, -0.25) is 4.79 Å². The SMILES string of the molecule is CC(=O)OCCCC1CCCCCCC1. The molecular formula is C13H24O2. The maximum Gasteiger partial charge on any atom is 0.302 e. The first-order chi connectivity index (χ1) is 7.29. The second-order valence-corrected chi connectivity index (χ2v) is 4.69. The molecule has 0 heterocycles. The lowest BCUT2D eigenvalue weighted by Crippen LogP contribution is -2.07. The summed E-state index contributed by atoms with van der Waals surface area (Å²) in [5, 5.41) is 0. The summed E-state index contributed by atoms with van der Waals surface area (Å²) in [7, 11) is 0. The Kier molecular flexibility index (Phi) is 6.45. The Morgan fingerprint density at radius 3 is 2.33 bits per heavy atom. The Morgan fingerprint density at radius 1 is 1.13 bits per heavy atom. The van der Waals surface area contributed by atoms with Gasteiger partial charge in [-0.25, -0.2) is 0 Å². The molecule has 0 unspecified atom stereocenters. The lowest BCUT2D eigenvalue weighted by Gasteiger charge is -2.19. The highest BCUT2D eigenvalue weighted by atomic mass is 16.5. The van der Waals surface area contributed by atoms with E-state index in [0.29, 0.717) is 6.61 Å². The number of hydrogen-bond donors (Lipinski definition) is 0. The fraction of sp³-hybridized carbons (Fsp3) is 0.923. The van der Waals surface area contributed by atoms with E-state index in [1.165, 1.54) is 58.3 Å². The van der Waals surface area contributed by atoms with Crippen LogP contribution in [0.2, 0.25) is 0 Å². The lowest BCUT2D eigenvalue weighted by atomic mass is 9.88. The Morgan fingerprint density at radius 2 is 1.73 bits per heavy atom. The monoisotopic (exact) mass is 212 g/mol. The molecule has 2 nitrogen and oxygen atoms in total. The molecule has 1 aliphatic rings. The lowest BCUT2D eigenvalue weighted by molar-refractivity contribution is -0.141. The van der Waals surface area contributed by atoms with E-state index in [9.17, 15) is 4.79 Å². The molecule has 0 aromatic rings. The minimum absolute atomic E-state index is 0.146.